The van der Waals surface area contributed by atoms with Crippen LogP contribution < -0.4 is 0 Å². The normalized spacial score (nSPS) is 34.9. The van der Waals surface area contributed by atoms with E-state index in [-0.39, 0.29) is 19.1 Å². The van der Waals surface area contributed by atoms with Gasteiger partial charge in [-0.15, -0.1) is 0 Å². The van der Waals surface area contributed by atoms with Crippen LogP contribution in [0.25, 0.3) is 0 Å². The molecule has 3 fully saturated rings. The Morgan fingerprint density at radius 1 is 0.971 bits per heavy atom. The summed E-state index contributed by atoms with van der Waals surface area (Å²) < 4.78 is 25.5. The van der Waals surface area contributed by atoms with Crippen LogP contribution in [0.3, 0.4) is 0 Å². The van der Waals surface area contributed by atoms with Crippen LogP contribution in [0, 0.1) is 0 Å². The number of nitrogens with zero attached hydrogens (tertiary/aromatic N) is 1. The van der Waals surface area contributed by atoms with Crippen LogP contribution in [-0.4, -0.2) is 53.0 Å². The Morgan fingerprint density at radius 3 is 2.49 bits per heavy atom. The zero-order valence-corrected chi connectivity index (χ0v) is 18.9. The number of benzene rings is 3. The van der Waals surface area contributed by atoms with Gasteiger partial charge in [-0.1, -0.05) is 78.9 Å². The van der Waals surface area contributed by atoms with Crippen LogP contribution in [-0.2, 0) is 31.3 Å². The fraction of sp³-hybridized carbons (Fsp3) is 0.321. The van der Waals surface area contributed by atoms with Crippen LogP contribution in [0.15, 0.2) is 84.9 Å². The Hall–Kier alpha value is -3.07. The van der Waals surface area contributed by atoms with Crippen molar-refractivity contribution in [2.45, 2.75) is 42.5 Å². The topological polar surface area (TPSA) is 77.5 Å². The van der Waals surface area contributed by atoms with E-state index in [9.17, 15) is 9.90 Å². The molecule has 0 unspecified atom stereocenters. The third kappa shape index (κ3) is 2.81. The number of hydrogen-bond acceptors (Lipinski definition) is 6. The van der Waals surface area contributed by atoms with Gasteiger partial charge in [-0.2, -0.15) is 0 Å². The van der Waals surface area contributed by atoms with Gasteiger partial charge in [0.15, 0.2) is 11.9 Å². The van der Waals surface area contributed by atoms with Gasteiger partial charge >= 0.3 is 0 Å². The molecule has 1 N–H and O–H groups in total. The first-order valence-corrected chi connectivity index (χ1v) is 11.9. The first-order valence-electron chi connectivity index (χ1n) is 11.9. The first-order chi connectivity index (χ1) is 17.1. The van der Waals surface area contributed by atoms with Gasteiger partial charge in [0, 0.05) is 16.7 Å². The van der Waals surface area contributed by atoms with Crippen molar-refractivity contribution < 1.29 is 28.8 Å². The van der Waals surface area contributed by atoms with Crippen molar-refractivity contribution in [1.82, 2.24) is 4.90 Å². The lowest BCUT2D eigenvalue weighted by Gasteiger charge is -2.58. The summed E-state index contributed by atoms with van der Waals surface area (Å²) in [5.41, 5.74) is -0.0359. The summed E-state index contributed by atoms with van der Waals surface area (Å²) in [6, 6.07) is 26.4. The molecule has 7 heteroatoms. The number of fused-ring (bicyclic) bond motifs is 2. The maximum absolute atomic E-state index is 13.6. The van der Waals surface area contributed by atoms with Crippen molar-refractivity contribution in [1.29, 1.82) is 0 Å². The number of piperidine rings is 1. The highest BCUT2D eigenvalue weighted by atomic mass is 16.7. The van der Waals surface area contributed by atoms with Crippen molar-refractivity contribution in [2.24, 2.45) is 0 Å². The van der Waals surface area contributed by atoms with Gasteiger partial charge in [0.2, 0.25) is 5.72 Å². The molecule has 178 valence electrons. The van der Waals surface area contributed by atoms with Crippen LogP contribution in [0.2, 0.25) is 0 Å². The Bertz CT molecular complexity index is 1270. The Balaban J connectivity index is 1.32. The quantitative estimate of drug-likeness (QED) is 0.630. The molecule has 0 aliphatic carbocycles. The van der Waals surface area contributed by atoms with Crippen LogP contribution in [0.4, 0.5) is 0 Å². The Labute approximate surface area is 202 Å². The molecule has 4 heterocycles. The third-order valence-corrected chi connectivity index (χ3v) is 7.69. The molecule has 4 aliphatic heterocycles. The number of carbonyl (C=O) groups is 1. The van der Waals surface area contributed by atoms with Gasteiger partial charge in [-0.25, -0.2) is 0 Å². The van der Waals surface area contributed by atoms with E-state index in [2.05, 4.69) is 0 Å². The van der Waals surface area contributed by atoms with Gasteiger partial charge in [-0.05, 0) is 11.6 Å². The van der Waals surface area contributed by atoms with E-state index in [0.29, 0.717) is 17.7 Å². The zero-order valence-electron chi connectivity index (χ0n) is 18.9. The molecule has 0 saturated carbocycles. The highest BCUT2D eigenvalue weighted by molar-refractivity contribution is 6.00. The SMILES string of the molecule is O=C1c2ccccc2[C@@]23OC[C@@H]([C@@H](OCc4ccccc4)[C@@H]4O[C@H](c5ccccc5)OC[C@]42O)N13. The molecule has 7 nitrogen and oxygen atoms in total. The predicted molar refractivity (Wildman–Crippen MR) is 124 cm³/mol. The first kappa shape index (κ1) is 21.2. The molecule has 35 heavy (non-hydrogen) atoms. The summed E-state index contributed by atoms with van der Waals surface area (Å²) in [4.78, 5) is 15.3. The van der Waals surface area contributed by atoms with Crippen molar-refractivity contribution in [3.8, 4) is 0 Å². The summed E-state index contributed by atoms with van der Waals surface area (Å²) in [6.45, 7) is 0.474. The molecule has 6 atom stereocenters. The summed E-state index contributed by atoms with van der Waals surface area (Å²) in [5, 5.41) is 12.4. The number of ether oxygens (including phenoxy) is 4. The molecule has 3 saturated heterocycles. The van der Waals surface area contributed by atoms with E-state index in [4.69, 9.17) is 18.9 Å². The maximum atomic E-state index is 13.6. The molecular formula is C28H25NO6. The van der Waals surface area contributed by atoms with E-state index in [1.807, 2.05) is 78.9 Å². The Morgan fingerprint density at radius 2 is 1.69 bits per heavy atom. The van der Waals surface area contributed by atoms with E-state index < -0.39 is 35.9 Å². The van der Waals surface area contributed by atoms with E-state index in [1.54, 1.807) is 11.0 Å². The van der Waals surface area contributed by atoms with E-state index in [1.165, 1.54) is 0 Å². The molecule has 7 rings (SSSR count). The molecular weight excluding hydrogens is 446 g/mol. The minimum atomic E-state index is -1.67. The smallest absolute Gasteiger partial charge is 0.257 e. The molecule has 0 radical (unpaired) electrons. The summed E-state index contributed by atoms with van der Waals surface area (Å²) in [7, 11) is 0. The summed E-state index contributed by atoms with van der Waals surface area (Å²) >= 11 is 0. The van der Waals surface area contributed by atoms with Crippen LogP contribution >= 0.6 is 0 Å². The van der Waals surface area contributed by atoms with Gasteiger partial charge < -0.3 is 24.1 Å². The van der Waals surface area contributed by atoms with Crippen molar-refractivity contribution in [3.05, 3.63) is 107 Å². The lowest BCUT2D eigenvalue weighted by molar-refractivity contribution is -0.380. The van der Waals surface area contributed by atoms with E-state index in [0.717, 1.165) is 11.1 Å². The standard InChI is InChI=1S/C28H25NO6/c30-25-20-13-7-8-14-21(20)28-27(31)17-33-26(19-11-5-2-6-12-19)35-24(27)23(22(16-34-28)29(25)28)32-15-18-9-3-1-4-10-18/h1-14,22-24,26,31H,15-17H2/t22-,23+,24-,26+,27-,28+/m0/s1. The highest BCUT2D eigenvalue weighted by Gasteiger charge is 2.78. The number of carbonyl (C=O) groups excluding carboxylic acids is 1. The second-order valence-electron chi connectivity index (χ2n) is 9.54. The average molecular weight is 472 g/mol. The van der Waals surface area contributed by atoms with E-state index >= 15 is 0 Å². The maximum Gasteiger partial charge on any atom is 0.257 e. The minimum Gasteiger partial charge on any atom is -0.379 e. The molecule has 4 aliphatic rings. The van der Waals surface area contributed by atoms with Crippen LogP contribution in [0.5, 0.6) is 0 Å². The lowest BCUT2D eigenvalue weighted by atomic mass is 9.74. The second-order valence-corrected chi connectivity index (χ2v) is 9.54. The number of amides is 1. The van der Waals surface area contributed by atoms with Gasteiger partial charge in [0.25, 0.3) is 5.91 Å². The zero-order chi connectivity index (χ0) is 23.6. The van der Waals surface area contributed by atoms with Crippen molar-refractivity contribution in [2.75, 3.05) is 13.2 Å². The predicted octanol–water partition coefficient (Wildman–Crippen LogP) is 3.14. The molecule has 1 amide bonds. The molecule has 0 aromatic heterocycles. The van der Waals surface area contributed by atoms with Crippen molar-refractivity contribution in [3.63, 3.8) is 0 Å². The summed E-state index contributed by atoms with van der Waals surface area (Å²) in [5.74, 6) is -0.173. The summed E-state index contributed by atoms with van der Waals surface area (Å²) in [6.07, 6.45) is -2.07. The minimum absolute atomic E-state index is 0.0761. The third-order valence-electron chi connectivity index (χ3n) is 7.69. The highest BCUT2D eigenvalue weighted by Crippen LogP contribution is 2.60. The number of hydrogen-bond donors (Lipinski definition) is 1. The van der Waals surface area contributed by atoms with Gasteiger partial charge in [0.1, 0.15) is 12.2 Å². The number of rotatable bonds is 4. The molecule has 2 bridgehead atoms. The molecule has 3 aromatic rings. The monoisotopic (exact) mass is 471 g/mol. The van der Waals surface area contributed by atoms with Crippen LogP contribution in [0.1, 0.15) is 33.3 Å². The second kappa shape index (κ2) is 7.71. The van der Waals surface area contributed by atoms with Crippen molar-refractivity contribution >= 4 is 5.91 Å². The van der Waals surface area contributed by atoms with Gasteiger partial charge in [-0.3, -0.25) is 9.69 Å². The van der Waals surface area contributed by atoms with Gasteiger partial charge in [0.05, 0.1) is 25.9 Å². The largest absolute Gasteiger partial charge is 0.379 e. The lowest BCUT2D eigenvalue weighted by Crippen LogP contribution is -2.77. The fourth-order valence-electron chi connectivity index (χ4n) is 6.15. The average Bonchev–Trinajstić information content (AvgIpc) is 3.40. The fourth-order valence-corrected chi connectivity index (χ4v) is 6.15. The molecule has 3 aromatic carbocycles. The number of aliphatic hydroxyl groups is 1. The Kier molecular flexibility index (Phi) is 4.68. The molecule has 0 spiro atoms.